The Morgan fingerprint density at radius 3 is 2.70 bits per heavy atom. The van der Waals surface area contributed by atoms with Gasteiger partial charge in [-0.25, -0.2) is 5.43 Å². The van der Waals surface area contributed by atoms with Gasteiger partial charge in [0.1, 0.15) is 0 Å². The average molecular weight is 538 g/mol. The van der Waals surface area contributed by atoms with Crippen LogP contribution in [0.4, 0.5) is 5.69 Å². The van der Waals surface area contributed by atoms with Crippen molar-refractivity contribution in [2.24, 2.45) is 5.10 Å². The predicted octanol–water partition coefficient (Wildman–Crippen LogP) is 3.17. The van der Waals surface area contributed by atoms with Crippen molar-refractivity contribution in [1.82, 2.24) is 10.7 Å². The lowest BCUT2D eigenvalue weighted by molar-refractivity contribution is -0.139. The minimum Gasteiger partial charge on any atom is -0.493 e. The van der Waals surface area contributed by atoms with Gasteiger partial charge in [-0.1, -0.05) is 17.7 Å². The van der Waals surface area contributed by atoms with Crippen molar-refractivity contribution in [2.75, 3.05) is 19.0 Å². The average Bonchev–Trinajstić information content (AvgIpc) is 3.59. The number of amides is 3. The van der Waals surface area contributed by atoms with E-state index in [0.717, 1.165) is 18.4 Å². The van der Waals surface area contributed by atoms with Crippen molar-refractivity contribution >= 4 is 57.2 Å². The number of ether oxygens (including phenoxy) is 2. The fourth-order valence-corrected chi connectivity index (χ4v) is 3.46. The molecule has 2 aromatic carbocycles. The van der Waals surface area contributed by atoms with Gasteiger partial charge in [0.05, 0.1) is 17.8 Å². The topological polar surface area (TPSA) is 118 Å². The van der Waals surface area contributed by atoms with Crippen LogP contribution in [0.1, 0.15) is 24.0 Å². The highest BCUT2D eigenvalue weighted by Crippen LogP contribution is 2.36. The van der Waals surface area contributed by atoms with Crippen molar-refractivity contribution in [3.63, 3.8) is 0 Å². The number of hydrazone groups is 1. The van der Waals surface area contributed by atoms with Gasteiger partial charge in [-0.15, -0.1) is 0 Å². The quantitative estimate of drug-likeness (QED) is 0.272. The molecule has 1 fully saturated rings. The molecule has 3 rings (SSSR count). The molecule has 0 heterocycles. The number of hydrogen-bond acceptors (Lipinski definition) is 6. The van der Waals surface area contributed by atoms with Crippen LogP contribution < -0.4 is 25.5 Å². The molecule has 33 heavy (non-hydrogen) atoms. The lowest BCUT2D eigenvalue weighted by Crippen LogP contribution is -2.38. The van der Waals surface area contributed by atoms with Gasteiger partial charge in [-0.05, 0) is 71.1 Å². The van der Waals surface area contributed by atoms with E-state index in [1.807, 2.05) is 0 Å². The minimum absolute atomic E-state index is 0.0802. The molecule has 1 saturated carbocycles. The second-order valence-corrected chi connectivity index (χ2v) is 8.49. The maximum absolute atomic E-state index is 12.3. The third kappa shape index (κ3) is 6.93. The van der Waals surface area contributed by atoms with E-state index in [-0.39, 0.29) is 18.6 Å². The Morgan fingerprint density at radius 1 is 1.24 bits per heavy atom. The second kappa shape index (κ2) is 11.2. The molecule has 0 saturated heterocycles. The SMILES string of the molecule is COc1cc(/C=N\NC(=O)C(=O)NC2CC2)cc(Br)c1OCC(=O)Nc1cccc(Cl)c1C. The molecule has 9 nitrogen and oxygen atoms in total. The second-order valence-electron chi connectivity index (χ2n) is 7.23. The summed E-state index contributed by atoms with van der Waals surface area (Å²) in [6, 6.07) is 8.59. The molecule has 11 heteroatoms. The van der Waals surface area contributed by atoms with Crippen LogP contribution in [0.5, 0.6) is 11.5 Å². The fourth-order valence-electron chi connectivity index (χ4n) is 2.72. The van der Waals surface area contributed by atoms with Crippen molar-refractivity contribution < 1.29 is 23.9 Å². The molecule has 1 aliphatic rings. The molecule has 174 valence electrons. The maximum Gasteiger partial charge on any atom is 0.329 e. The number of nitrogens with zero attached hydrogens (tertiary/aromatic N) is 1. The molecular formula is C22H22BrClN4O5. The lowest BCUT2D eigenvalue weighted by Gasteiger charge is -2.14. The number of carbonyl (C=O) groups is 3. The summed E-state index contributed by atoms with van der Waals surface area (Å²) < 4.78 is 11.5. The van der Waals surface area contributed by atoms with Gasteiger partial charge in [0.25, 0.3) is 5.91 Å². The fraction of sp³-hybridized carbons (Fsp3) is 0.273. The van der Waals surface area contributed by atoms with E-state index in [1.54, 1.807) is 37.3 Å². The van der Waals surface area contributed by atoms with Gasteiger partial charge in [-0.3, -0.25) is 14.4 Å². The summed E-state index contributed by atoms with van der Waals surface area (Å²) in [5, 5.41) is 9.67. The zero-order chi connectivity index (χ0) is 24.0. The third-order valence-corrected chi connectivity index (χ3v) is 5.64. The van der Waals surface area contributed by atoms with Crippen molar-refractivity contribution in [2.45, 2.75) is 25.8 Å². The standard InChI is InChI=1S/C22H22BrClN4O5/c1-12-16(24)4-3-5-17(12)27-19(29)11-33-20-15(23)8-13(9-18(20)32-2)10-25-28-22(31)21(30)26-14-6-7-14/h3-5,8-10,14H,6-7,11H2,1-2H3,(H,26,30)(H,27,29)(H,28,31)/b25-10-. The van der Waals surface area contributed by atoms with Gasteiger partial charge in [0, 0.05) is 16.8 Å². The summed E-state index contributed by atoms with van der Waals surface area (Å²) in [6.07, 6.45) is 3.12. The smallest absolute Gasteiger partial charge is 0.329 e. The maximum atomic E-state index is 12.3. The van der Waals surface area contributed by atoms with E-state index in [1.165, 1.54) is 13.3 Å². The van der Waals surface area contributed by atoms with Gasteiger partial charge >= 0.3 is 11.8 Å². The first-order valence-corrected chi connectivity index (χ1v) is 11.1. The van der Waals surface area contributed by atoms with Gasteiger partial charge in [0.15, 0.2) is 18.1 Å². The van der Waals surface area contributed by atoms with E-state index in [4.69, 9.17) is 21.1 Å². The van der Waals surface area contributed by atoms with Gasteiger partial charge in [-0.2, -0.15) is 5.10 Å². The number of methoxy groups -OCH3 is 1. The van der Waals surface area contributed by atoms with E-state index >= 15 is 0 Å². The van der Waals surface area contributed by atoms with Gasteiger partial charge in [0.2, 0.25) is 0 Å². The van der Waals surface area contributed by atoms with E-state index in [2.05, 4.69) is 37.1 Å². The molecule has 0 unspecified atom stereocenters. The van der Waals surface area contributed by atoms with E-state index in [9.17, 15) is 14.4 Å². The summed E-state index contributed by atoms with van der Waals surface area (Å²) in [6.45, 7) is 1.54. The van der Waals surface area contributed by atoms with Crippen LogP contribution in [0.3, 0.4) is 0 Å². The summed E-state index contributed by atoms with van der Waals surface area (Å²) in [4.78, 5) is 35.7. The molecule has 0 atom stereocenters. The highest BCUT2D eigenvalue weighted by Gasteiger charge is 2.26. The Hall–Kier alpha value is -3.11. The Balaban J connectivity index is 1.60. The number of anilines is 1. The summed E-state index contributed by atoms with van der Waals surface area (Å²) in [5.74, 6) is -1.27. The monoisotopic (exact) mass is 536 g/mol. The van der Waals surface area contributed by atoms with Crippen LogP contribution in [-0.4, -0.2) is 43.7 Å². The van der Waals surface area contributed by atoms with E-state index in [0.29, 0.717) is 32.2 Å². The largest absolute Gasteiger partial charge is 0.493 e. The highest BCUT2D eigenvalue weighted by atomic mass is 79.9. The third-order valence-electron chi connectivity index (χ3n) is 4.64. The number of carbonyl (C=O) groups excluding carboxylic acids is 3. The zero-order valence-electron chi connectivity index (χ0n) is 17.9. The Kier molecular flexibility index (Phi) is 8.29. The zero-order valence-corrected chi connectivity index (χ0v) is 20.2. The molecule has 3 N–H and O–H groups in total. The first-order chi connectivity index (χ1) is 15.8. The predicted molar refractivity (Wildman–Crippen MR) is 128 cm³/mol. The molecule has 0 aromatic heterocycles. The molecular weight excluding hydrogens is 516 g/mol. The molecule has 2 aromatic rings. The van der Waals surface area contributed by atoms with E-state index < -0.39 is 11.8 Å². The number of hydrogen-bond donors (Lipinski definition) is 3. The molecule has 0 bridgehead atoms. The molecule has 1 aliphatic carbocycles. The Bertz CT molecular complexity index is 1100. The van der Waals surface area contributed by atoms with Crippen molar-refractivity contribution in [3.8, 4) is 11.5 Å². The highest BCUT2D eigenvalue weighted by molar-refractivity contribution is 9.10. The minimum atomic E-state index is -0.843. The number of rotatable bonds is 8. The number of nitrogens with one attached hydrogen (secondary N) is 3. The van der Waals surface area contributed by atoms with Crippen LogP contribution in [0, 0.1) is 6.92 Å². The van der Waals surface area contributed by atoms with Crippen molar-refractivity contribution in [3.05, 3.63) is 51.0 Å². The van der Waals surface area contributed by atoms with Gasteiger partial charge < -0.3 is 20.1 Å². The van der Waals surface area contributed by atoms with Crippen molar-refractivity contribution in [1.29, 1.82) is 0 Å². The van der Waals surface area contributed by atoms with Crippen LogP contribution >= 0.6 is 27.5 Å². The summed E-state index contributed by atoms with van der Waals surface area (Å²) in [7, 11) is 1.45. The van der Waals surface area contributed by atoms with Crippen LogP contribution in [-0.2, 0) is 14.4 Å². The Labute approximate surface area is 204 Å². The molecule has 3 amide bonds. The Morgan fingerprint density at radius 2 is 2.00 bits per heavy atom. The van der Waals surface area contributed by atoms with Crippen LogP contribution in [0.25, 0.3) is 0 Å². The van der Waals surface area contributed by atoms with Crippen LogP contribution in [0.15, 0.2) is 39.9 Å². The summed E-state index contributed by atoms with van der Waals surface area (Å²) >= 11 is 9.47. The molecule has 0 spiro atoms. The van der Waals surface area contributed by atoms with Crippen LogP contribution in [0.2, 0.25) is 5.02 Å². The first kappa shape index (κ1) is 24.5. The molecule has 0 radical (unpaired) electrons. The normalized spacial score (nSPS) is 12.8. The summed E-state index contributed by atoms with van der Waals surface area (Å²) in [5.41, 5.74) is 4.09. The molecule has 0 aliphatic heterocycles. The number of halogens is 2. The first-order valence-electron chi connectivity index (χ1n) is 9.97. The number of benzene rings is 2. The lowest BCUT2D eigenvalue weighted by atomic mass is 10.2.